The number of ether oxygens (including phenoxy) is 1. The normalized spacial score (nSPS) is 11.3. The number of nitrogens with one attached hydrogen (secondary N) is 1. The van der Waals surface area contributed by atoms with Crippen LogP contribution < -0.4 is 10.2 Å². The van der Waals surface area contributed by atoms with Crippen molar-refractivity contribution in [3.05, 3.63) is 10.6 Å². The van der Waals surface area contributed by atoms with E-state index in [1.165, 1.54) is 17.0 Å². The zero-order valence-electron chi connectivity index (χ0n) is 14.2. The predicted octanol–water partition coefficient (Wildman–Crippen LogP) is 3.31. The number of aromatic nitrogens is 1. The highest BCUT2D eigenvalue weighted by Gasteiger charge is 2.13. The Balaban J connectivity index is 2.63. The van der Waals surface area contributed by atoms with Crippen LogP contribution in [0, 0.1) is 5.92 Å². The molecule has 1 N–H and O–H groups in total. The molecule has 4 nitrogen and oxygen atoms in total. The van der Waals surface area contributed by atoms with Gasteiger partial charge in [-0.1, -0.05) is 27.2 Å². The van der Waals surface area contributed by atoms with Crippen molar-refractivity contribution >= 4 is 16.5 Å². The average Bonchev–Trinajstić information content (AvgIpc) is 2.85. The van der Waals surface area contributed by atoms with E-state index in [9.17, 15) is 0 Å². The molecule has 0 fully saturated rings. The molecule has 1 aromatic heterocycles. The molecule has 0 saturated carbocycles. The molecule has 0 aliphatic heterocycles. The molecule has 0 spiro atoms. The molecule has 0 aliphatic rings. The van der Waals surface area contributed by atoms with Crippen molar-refractivity contribution in [3.63, 3.8) is 0 Å². The number of rotatable bonds is 11. The zero-order valence-corrected chi connectivity index (χ0v) is 15.1. The van der Waals surface area contributed by atoms with Gasteiger partial charge in [-0.2, -0.15) is 0 Å². The van der Waals surface area contributed by atoms with Gasteiger partial charge in [-0.25, -0.2) is 4.98 Å². The smallest absolute Gasteiger partial charge is 0.185 e. The van der Waals surface area contributed by atoms with Crippen molar-refractivity contribution in [1.29, 1.82) is 0 Å². The Morgan fingerprint density at radius 1 is 1.38 bits per heavy atom. The largest absolute Gasteiger partial charge is 0.383 e. The molecule has 0 unspecified atom stereocenters. The number of thiazole rings is 1. The summed E-state index contributed by atoms with van der Waals surface area (Å²) in [7, 11) is 3.89. The van der Waals surface area contributed by atoms with Crippen LogP contribution in [-0.4, -0.2) is 38.8 Å². The minimum atomic E-state index is 0.734. The van der Waals surface area contributed by atoms with Crippen molar-refractivity contribution < 1.29 is 4.74 Å². The number of aryl methyl sites for hydroxylation is 1. The van der Waals surface area contributed by atoms with Crippen LogP contribution in [0.15, 0.2) is 0 Å². The molecule has 21 heavy (non-hydrogen) atoms. The summed E-state index contributed by atoms with van der Waals surface area (Å²) in [5.74, 6) is 0.734. The summed E-state index contributed by atoms with van der Waals surface area (Å²) in [6.45, 7) is 10.4. The van der Waals surface area contributed by atoms with Gasteiger partial charge in [0.15, 0.2) is 5.13 Å². The summed E-state index contributed by atoms with van der Waals surface area (Å²) in [6, 6.07) is 0. The Kier molecular flexibility index (Phi) is 8.88. The highest BCUT2D eigenvalue weighted by Crippen LogP contribution is 2.27. The van der Waals surface area contributed by atoms with Crippen LogP contribution in [0.5, 0.6) is 0 Å². The molecule has 122 valence electrons. The first-order valence-electron chi connectivity index (χ1n) is 7.97. The maximum atomic E-state index is 5.07. The van der Waals surface area contributed by atoms with E-state index in [1.807, 2.05) is 11.3 Å². The lowest BCUT2D eigenvalue weighted by molar-refractivity contribution is 0.199. The molecular formula is C16H31N3OS. The Morgan fingerprint density at radius 3 is 2.76 bits per heavy atom. The average molecular weight is 314 g/mol. The van der Waals surface area contributed by atoms with Crippen molar-refractivity contribution in [2.24, 2.45) is 5.92 Å². The maximum Gasteiger partial charge on any atom is 0.185 e. The molecule has 0 saturated heterocycles. The van der Waals surface area contributed by atoms with Gasteiger partial charge >= 0.3 is 0 Å². The molecule has 0 amide bonds. The van der Waals surface area contributed by atoms with E-state index in [1.54, 1.807) is 7.11 Å². The number of anilines is 1. The van der Waals surface area contributed by atoms with Gasteiger partial charge in [0.2, 0.25) is 0 Å². The summed E-state index contributed by atoms with van der Waals surface area (Å²) in [4.78, 5) is 8.52. The molecular weight excluding hydrogens is 282 g/mol. The second-order valence-corrected chi connectivity index (χ2v) is 6.95. The van der Waals surface area contributed by atoms with Gasteiger partial charge in [0.05, 0.1) is 12.3 Å². The molecule has 0 aromatic carbocycles. The van der Waals surface area contributed by atoms with Crippen LogP contribution in [0.4, 0.5) is 5.13 Å². The monoisotopic (exact) mass is 313 g/mol. The second kappa shape index (κ2) is 10.1. The maximum absolute atomic E-state index is 5.07. The number of hydrogen-bond donors (Lipinski definition) is 1. The quantitative estimate of drug-likeness (QED) is 0.636. The van der Waals surface area contributed by atoms with Gasteiger partial charge in [0, 0.05) is 38.7 Å². The van der Waals surface area contributed by atoms with Crippen molar-refractivity contribution in [1.82, 2.24) is 10.3 Å². The van der Waals surface area contributed by atoms with Gasteiger partial charge in [-0.15, -0.1) is 11.3 Å². The van der Waals surface area contributed by atoms with E-state index in [2.05, 4.69) is 38.0 Å². The van der Waals surface area contributed by atoms with Crippen molar-refractivity contribution in [3.8, 4) is 0 Å². The van der Waals surface area contributed by atoms with Gasteiger partial charge < -0.3 is 15.0 Å². The Labute approximate surface area is 133 Å². The van der Waals surface area contributed by atoms with Crippen molar-refractivity contribution in [2.75, 3.05) is 38.8 Å². The Morgan fingerprint density at radius 2 is 2.14 bits per heavy atom. The Bertz CT molecular complexity index is 393. The summed E-state index contributed by atoms with van der Waals surface area (Å²) in [5.41, 5.74) is 1.26. The third-order valence-corrected chi connectivity index (χ3v) is 4.60. The van der Waals surface area contributed by atoms with Crippen LogP contribution in [0.3, 0.4) is 0 Å². The molecule has 1 rings (SSSR count). The van der Waals surface area contributed by atoms with Crippen molar-refractivity contribution in [2.45, 2.75) is 46.6 Å². The van der Waals surface area contributed by atoms with Gasteiger partial charge in [-0.3, -0.25) is 0 Å². The highest BCUT2D eigenvalue weighted by atomic mass is 32.1. The molecule has 0 radical (unpaired) electrons. The fourth-order valence-corrected chi connectivity index (χ4v) is 3.09. The molecule has 5 heteroatoms. The topological polar surface area (TPSA) is 37.4 Å². The number of hydrogen-bond acceptors (Lipinski definition) is 5. The van der Waals surface area contributed by atoms with E-state index >= 15 is 0 Å². The molecule has 0 bridgehead atoms. The molecule has 1 heterocycles. The third kappa shape index (κ3) is 6.76. The SMILES string of the molecule is CCCc1nc(N(C)CCC(C)C)sc1CNCCOC. The molecule has 1 aromatic rings. The van der Waals surface area contributed by atoms with Crippen LogP contribution in [0.2, 0.25) is 0 Å². The number of nitrogens with zero attached hydrogens (tertiary/aromatic N) is 2. The minimum Gasteiger partial charge on any atom is -0.383 e. The standard InChI is InChI=1S/C16H31N3OS/c1-6-7-14-15(12-17-9-11-20-5)21-16(18-14)19(4)10-8-13(2)3/h13,17H,6-12H2,1-5H3. The first kappa shape index (κ1) is 18.4. The summed E-state index contributed by atoms with van der Waals surface area (Å²) in [5, 5.41) is 4.59. The second-order valence-electron chi connectivity index (χ2n) is 5.89. The fraction of sp³-hybridized carbons (Fsp3) is 0.812. The van der Waals surface area contributed by atoms with E-state index in [0.29, 0.717) is 0 Å². The predicted molar refractivity (Wildman–Crippen MR) is 92.4 cm³/mol. The van der Waals surface area contributed by atoms with Gasteiger partial charge in [-0.05, 0) is 18.8 Å². The highest BCUT2D eigenvalue weighted by molar-refractivity contribution is 7.15. The number of methoxy groups -OCH3 is 1. The van der Waals surface area contributed by atoms with Crippen LogP contribution in [0.25, 0.3) is 0 Å². The lowest BCUT2D eigenvalue weighted by atomic mass is 10.1. The summed E-state index contributed by atoms with van der Waals surface area (Å²) < 4.78 is 5.07. The van der Waals surface area contributed by atoms with E-state index in [-0.39, 0.29) is 0 Å². The lowest BCUT2D eigenvalue weighted by Crippen LogP contribution is -2.19. The molecule has 0 atom stereocenters. The fourth-order valence-electron chi connectivity index (χ4n) is 2.03. The van der Waals surface area contributed by atoms with E-state index in [4.69, 9.17) is 9.72 Å². The van der Waals surface area contributed by atoms with Gasteiger partial charge in [0.1, 0.15) is 0 Å². The van der Waals surface area contributed by atoms with Gasteiger partial charge in [0.25, 0.3) is 0 Å². The van der Waals surface area contributed by atoms with Crippen LogP contribution >= 0.6 is 11.3 Å². The summed E-state index contributed by atoms with van der Waals surface area (Å²) >= 11 is 1.83. The zero-order chi connectivity index (χ0) is 15.7. The van der Waals surface area contributed by atoms with E-state index < -0.39 is 0 Å². The van der Waals surface area contributed by atoms with E-state index in [0.717, 1.165) is 50.1 Å². The third-order valence-electron chi connectivity index (χ3n) is 3.39. The Hall–Kier alpha value is -0.650. The van der Waals surface area contributed by atoms with Crippen LogP contribution in [0.1, 0.15) is 44.2 Å². The van der Waals surface area contributed by atoms with Crippen LogP contribution in [-0.2, 0) is 17.7 Å². The first-order valence-corrected chi connectivity index (χ1v) is 8.79. The summed E-state index contributed by atoms with van der Waals surface area (Å²) in [6.07, 6.45) is 3.42. The lowest BCUT2D eigenvalue weighted by Gasteiger charge is -2.16. The molecule has 0 aliphatic carbocycles. The minimum absolute atomic E-state index is 0.734. The first-order chi connectivity index (χ1) is 10.1.